The summed E-state index contributed by atoms with van der Waals surface area (Å²) in [7, 11) is 0. The van der Waals surface area contributed by atoms with Crippen LogP contribution in [0.5, 0.6) is 0 Å². The van der Waals surface area contributed by atoms with Gasteiger partial charge < -0.3 is 4.74 Å². The Morgan fingerprint density at radius 1 is 1.13 bits per heavy atom. The number of fused-ring (bicyclic) bond motifs is 3. The van der Waals surface area contributed by atoms with Gasteiger partial charge in [0.1, 0.15) is 5.25 Å². The van der Waals surface area contributed by atoms with Crippen LogP contribution >= 0.6 is 11.8 Å². The average molecular weight is 220 g/mol. The Hall–Kier alpha value is -1.29. The quantitative estimate of drug-likeness (QED) is 0.457. The summed E-state index contributed by atoms with van der Waals surface area (Å²) in [6.07, 6.45) is 9.69. The molecule has 2 heterocycles. The van der Waals surface area contributed by atoms with E-state index in [0.717, 1.165) is 4.91 Å². The molecule has 2 fully saturated rings. The van der Waals surface area contributed by atoms with E-state index in [9.17, 15) is 9.59 Å². The minimum atomic E-state index is -0.388. The maximum Gasteiger partial charge on any atom is 0.327 e. The maximum atomic E-state index is 11.5. The third-order valence-electron chi connectivity index (χ3n) is 2.81. The smallest absolute Gasteiger partial charge is 0.327 e. The summed E-state index contributed by atoms with van der Waals surface area (Å²) in [5.41, 5.74) is 0. The Balaban J connectivity index is 2.04. The summed E-state index contributed by atoms with van der Waals surface area (Å²) in [6.45, 7) is 0. The van der Waals surface area contributed by atoms with E-state index in [0.29, 0.717) is 0 Å². The molecule has 0 amide bonds. The van der Waals surface area contributed by atoms with Gasteiger partial charge in [0, 0.05) is 5.92 Å². The molecule has 0 saturated carbocycles. The lowest BCUT2D eigenvalue weighted by Gasteiger charge is -2.08. The van der Waals surface area contributed by atoms with Crippen molar-refractivity contribution in [1.82, 2.24) is 0 Å². The molecule has 15 heavy (non-hydrogen) atoms. The molecule has 0 aromatic heterocycles. The van der Waals surface area contributed by atoms with E-state index in [4.69, 9.17) is 0 Å². The van der Waals surface area contributed by atoms with Crippen LogP contribution in [-0.2, 0) is 14.3 Å². The highest BCUT2D eigenvalue weighted by Crippen LogP contribution is 2.51. The van der Waals surface area contributed by atoms with Crippen molar-refractivity contribution in [3.63, 3.8) is 0 Å². The number of carbonyl (C=O) groups is 2. The molecule has 0 N–H and O–H groups in total. The van der Waals surface area contributed by atoms with Crippen molar-refractivity contribution in [3.8, 4) is 0 Å². The summed E-state index contributed by atoms with van der Waals surface area (Å²) >= 11 is 1.45. The first-order valence-electron chi connectivity index (χ1n) is 4.74. The van der Waals surface area contributed by atoms with Crippen LogP contribution in [0.3, 0.4) is 0 Å². The lowest BCUT2D eigenvalue weighted by Crippen LogP contribution is -2.20. The Bertz CT molecular complexity index is 433. The monoisotopic (exact) mass is 220 g/mol. The molecular formula is C11H8O3S. The van der Waals surface area contributed by atoms with E-state index in [1.165, 1.54) is 11.8 Å². The van der Waals surface area contributed by atoms with Gasteiger partial charge in [0.25, 0.3) is 0 Å². The van der Waals surface area contributed by atoms with Gasteiger partial charge in [-0.05, 0) is 4.91 Å². The van der Waals surface area contributed by atoms with Crippen LogP contribution in [0, 0.1) is 11.8 Å². The van der Waals surface area contributed by atoms with Crippen LogP contribution < -0.4 is 0 Å². The van der Waals surface area contributed by atoms with Crippen LogP contribution in [0.15, 0.2) is 35.3 Å². The zero-order valence-electron chi connectivity index (χ0n) is 7.75. The van der Waals surface area contributed by atoms with Gasteiger partial charge in [0.2, 0.25) is 0 Å². The molecule has 2 saturated heterocycles. The van der Waals surface area contributed by atoms with Gasteiger partial charge in [-0.25, -0.2) is 0 Å². The Morgan fingerprint density at radius 3 is 2.87 bits per heavy atom. The van der Waals surface area contributed by atoms with Gasteiger partial charge in [-0.1, -0.05) is 30.4 Å². The van der Waals surface area contributed by atoms with Crippen LogP contribution in [0.25, 0.3) is 0 Å². The fraction of sp³-hybridized carbons (Fsp3) is 0.273. The Kier molecular flexibility index (Phi) is 1.85. The van der Waals surface area contributed by atoms with Gasteiger partial charge >= 0.3 is 11.9 Å². The van der Waals surface area contributed by atoms with Gasteiger partial charge in [-0.15, -0.1) is 11.8 Å². The summed E-state index contributed by atoms with van der Waals surface area (Å²) in [6, 6.07) is 0. The number of allylic oxidation sites excluding steroid dienone is 6. The predicted octanol–water partition coefficient (Wildman–Crippen LogP) is 1.43. The molecule has 1 aliphatic carbocycles. The standard InChI is InChI=1S/C11H8O3S/c12-10-8-6-4-2-1-3-5-7(6)15-9(8)11(13)14-10/h1-6,8-9H/t6-,8-,9+/m1/s1. The highest BCUT2D eigenvalue weighted by molar-refractivity contribution is 8.04. The van der Waals surface area contributed by atoms with E-state index in [1.54, 1.807) is 0 Å². The normalized spacial score (nSPS) is 37.1. The third-order valence-corrected chi connectivity index (χ3v) is 4.23. The van der Waals surface area contributed by atoms with Gasteiger partial charge in [0.15, 0.2) is 0 Å². The molecule has 3 rings (SSSR count). The molecule has 0 aromatic carbocycles. The van der Waals surface area contributed by atoms with Crippen molar-refractivity contribution < 1.29 is 14.3 Å². The Labute approximate surface area is 90.9 Å². The van der Waals surface area contributed by atoms with E-state index < -0.39 is 0 Å². The van der Waals surface area contributed by atoms with Crippen LogP contribution in [-0.4, -0.2) is 17.2 Å². The van der Waals surface area contributed by atoms with E-state index in [1.807, 2.05) is 30.4 Å². The zero-order chi connectivity index (χ0) is 10.4. The van der Waals surface area contributed by atoms with Crippen molar-refractivity contribution in [3.05, 3.63) is 35.3 Å². The fourth-order valence-electron chi connectivity index (χ4n) is 2.12. The first-order chi connectivity index (χ1) is 7.27. The molecule has 0 radical (unpaired) electrons. The zero-order valence-corrected chi connectivity index (χ0v) is 8.57. The van der Waals surface area contributed by atoms with Crippen molar-refractivity contribution in [1.29, 1.82) is 0 Å². The largest absolute Gasteiger partial charge is 0.392 e. The maximum absolute atomic E-state index is 11.5. The van der Waals surface area contributed by atoms with Crippen molar-refractivity contribution in [2.75, 3.05) is 0 Å². The van der Waals surface area contributed by atoms with Gasteiger partial charge in [-0.2, -0.15) is 0 Å². The molecule has 0 spiro atoms. The fourth-order valence-corrected chi connectivity index (χ4v) is 3.52. The number of ether oxygens (including phenoxy) is 1. The molecule has 3 aliphatic rings. The SMILES string of the molecule is O=C1OC(=O)[C@H]2SC3=CC=CC=C[C@H]3[C@@H]12. The van der Waals surface area contributed by atoms with Crippen LogP contribution in [0.2, 0.25) is 0 Å². The predicted molar refractivity (Wildman–Crippen MR) is 55.8 cm³/mol. The molecule has 76 valence electrons. The van der Waals surface area contributed by atoms with Crippen molar-refractivity contribution in [2.24, 2.45) is 11.8 Å². The van der Waals surface area contributed by atoms with Crippen LogP contribution in [0.4, 0.5) is 0 Å². The first kappa shape index (κ1) is 8.97. The highest BCUT2D eigenvalue weighted by Gasteiger charge is 2.54. The Morgan fingerprint density at radius 2 is 2.00 bits per heavy atom. The second kappa shape index (κ2) is 3.10. The number of hydrogen-bond donors (Lipinski definition) is 0. The lowest BCUT2D eigenvalue weighted by molar-refractivity contribution is -0.153. The minimum Gasteiger partial charge on any atom is -0.392 e. The summed E-state index contributed by atoms with van der Waals surface area (Å²) in [4.78, 5) is 23.9. The van der Waals surface area contributed by atoms with Crippen molar-refractivity contribution in [2.45, 2.75) is 5.25 Å². The number of hydrogen-bond acceptors (Lipinski definition) is 4. The summed E-state index contributed by atoms with van der Waals surface area (Å²) in [5, 5.41) is -0.329. The number of thioether (sulfide) groups is 1. The second-order valence-corrected chi connectivity index (χ2v) is 4.88. The van der Waals surface area contributed by atoms with Gasteiger partial charge in [-0.3, -0.25) is 9.59 Å². The molecule has 0 unspecified atom stereocenters. The number of esters is 2. The van der Waals surface area contributed by atoms with Crippen molar-refractivity contribution >= 4 is 23.7 Å². The molecule has 3 nitrogen and oxygen atoms in total. The second-order valence-electron chi connectivity index (χ2n) is 3.67. The minimum absolute atomic E-state index is 0.0222. The lowest BCUT2D eigenvalue weighted by atomic mass is 9.90. The number of rotatable bonds is 0. The molecule has 0 aromatic rings. The molecular weight excluding hydrogens is 212 g/mol. The van der Waals surface area contributed by atoms with E-state index >= 15 is 0 Å². The molecule has 3 atom stereocenters. The van der Waals surface area contributed by atoms with Crippen LogP contribution in [0.1, 0.15) is 0 Å². The summed E-state index contributed by atoms with van der Waals surface area (Å²) in [5.74, 6) is -1.06. The highest BCUT2D eigenvalue weighted by atomic mass is 32.2. The molecule has 0 bridgehead atoms. The van der Waals surface area contributed by atoms with E-state index in [-0.39, 0.29) is 29.0 Å². The third kappa shape index (κ3) is 1.21. The van der Waals surface area contributed by atoms with E-state index in [2.05, 4.69) is 4.74 Å². The number of cyclic esters (lactones) is 2. The molecule has 4 heteroatoms. The number of carbonyl (C=O) groups excluding carboxylic acids is 2. The first-order valence-corrected chi connectivity index (χ1v) is 5.62. The van der Waals surface area contributed by atoms with Gasteiger partial charge in [0.05, 0.1) is 5.92 Å². The topological polar surface area (TPSA) is 43.4 Å². The summed E-state index contributed by atoms with van der Waals surface area (Å²) < 4.78 is 4.64. The molecule has 2 aliphatic heterocycles. The average Bonchev–Trinajstić information content (AvgIpc) is 2.59.